The quantitative estimate of drug-likeness (QED) is 0.0322. The van der Waals surface area contributed by atoms with E-state index in [1.54, 1.807) is 0 Å². The average molecular weight is 893 g/mol. The second kappa shape index (κ2) is 42.7. The van der Waals surface area contributed by atoms with Crippen LogP contribution in [0, 0.1) is 0 Å². The topological polar surface area (TPSA) is 162 Å². The number of carbonyl (C=O) groups excluding carboxylic acids is 2. The zero-order chi connectivity index (χ0) is 44.6. The molecule has 0 radical (unpaired) electrons. The molecule has 6 atom stereocenters. The van der Waals surface area contributed by atoms with E-state index in [1.807, 2.05) is 9.80 Å². The Hall–Kier alpha value is -0.280. The molecule has 0 aliphatic heterocycles. The van der Waals surface area contributed by atoms with E-state index >= 15 is 0 Å². The number of thioether (sulfide) groups is 2. The summed E-state index contributed by atoms with van der Waals surface area (Å²) in [4.78, 5) is 29.9. The molecule has 0 aliphatic carbocycles. The van der Waals surface area contributed by atoms with Crippen molar-refractivity contribution in [3.05, 3.63) is 0 Å². The summed E-state index contributed by atoms with van der Waals surface area (Å²) in [5, 5.41) is 63.4. The van der Waals surface area contributed by atoms with Crippen LogP contribution < -0.4 is 0 Å². The third kappa shape index (κ3) is 36.1. The fourth-order valence-corrected chi connectivity index (χ4v) is 9.39. The number of aliphatic hydroxyl groups is 6. The molecule has 0 aromatic heterocycles. The predicted molar refractivity (Wildman–Crippen MR) is 256 cm³/mol. The first-order chi connectivity index (χ1) is 29.0. The highest BCUT2D eigenvalue weighted by atomic mass is 32.2. The van der Waals surface area contributed by atoms with E-state index in [2.05, 4.69) is 27.7 Å². The molecule has 0 spiro atoms. The molecular weight excluding hydrogens is 797 g/mol. The van der Waals surface area contributed by atoms with E-state index < -0.39 is 46.9 Å². The summed E-state index contributed by atoms with van der Waals surface area (Å²) in [6.45, 7) is 11.2. The monoisotopic (exact) mass is 893 g/mol. The Morgan fingerprint density at radius 1 is 0.367 bits per heavy atom. The Morgan fingerprint density at radius 3 is 0.817 bits per heavy atom. The minimum atomic E-state index is -1.87. The van der Waals surface area contributed by atoms with Crippen molar-refractivity contribution in [2.24, 2.45) is 0 Å². The third-order valence-corrected chi connectivity index (χ3v) is 13.4. The summed E-state index contributed by atoms with van der Waals surface area (Å²) in [5.41, 5.74) is 0. The van der Waals surface area contributed by atoms with Crippen molar-refractivity contribution >= 4 is 33.8 Å². The summed E-state index contributed by atoms with van der Waals surface area (Å²) in [6, 6.07) is 0. The van der Waals surface area contributed by atoms with Crippen LogP contribution in [0.5, 0.6) is 0 Å². The molecule has 0 amide bonds. The van der Waals surface area contributed by atoms with Gasteiger partial charge in [0.05, 0.1) is 24.4 Å². The van der Waals surface area contributed by atoms with Crippen LogP contribution >= 0.6 is 23.5 Å². The average Bonchev–Trinajstić information content (AvgIpc) is 3.22. The Labute approximate surface area is 377 Å². The van der Waals surface area contributed by atoms with Crippen LogP contribution in [0.2, 0.25) is 0 Å². The Kier molecular flexibility index (Phi) is 42.5. The van der Waals surface area contributed by atoms with E-state index in [-0.39, 0.29) is 11.5 Å². The van der Waals surface area contributed by atoms with Crippen molar-refractivity contribution in [1.82, 2.24) is 9.80 Å². The third-order valence-electron chi connectivity index (χ3n) is 11.5. The number of rotatable bonds is 45. The van der Waals surface area contributed by atoms with Crippen LogP contribution in [0.1, 0.15) is 207 Å². The van der Waals surface area contributed by atoms with Gasteiger partial charge in [0.25, 0.3) is 0 Å². The molecule has 0 aromatic carbocycles. The van der Waals surface area contributed by atoms with Gasteiger partial charge in [-0.05, 0) is 25.7 Å². The first kappa shape index (κ1) is 59.7. The van der Waals surface area contributed by atoms with Gasteiger partial charge in [-0.15, -0.1) is 0 Å². The van der Waals surface area contributed by atoms with Crippen molar-refractivity contribution in [3.63, 3.8) is 0 Å². The SMILES string of the molecule is CCCCCCCCC(O)CN(CCSC(=O)C(O)C(O)C(=O)SCCN(CC(O)CCCCCCCC)CC(O)CCCCCCCC)CC(O)CCCCCCCC. The van der Waals surface area contributed by atoms with Crippen molar-refractivity contribution in [2.75, 3.05) is 50.8 Å². The number of aliphatic hydroxyl groups excluding tert-OH is 6. The molecule has 0 aliphatic rings. The van der Waals surface area contributed by atoms with Gasteiger partial charge < -0.3 is 30.6 Å². The molecule has 0 saturated carbocycles. The molecule has 358 valence electrons. The second-order valence-corrected chi connectivity index (χ2v) is 19.8. The van der Waals surface area contributed by atoms with E-state index in [1.165, 1.54) is 103 Å². The Bertz CT molecular complexity index is 847. The van der Waals surface area contributed by atoms with Crippen molar-refractivity contribution in [2.45, 2.75) is 244 Å². The number of hydrogen-bond acceptors (Lipinski definition) is 12. The number of nitrogens with zero attached hydrogens (tertiary/aromatic N) is 2. The second-order valence-electron chi connectivity index (χ2n) is 17.6. The lowest BCUT2D eigenvalue weighted by molar-refractivity contribution is -0.133. The van der Waals surface area contributed by atoms with E-state index in [0.717, 1.165) is 74.9 Å². The van der Waals surface area contributed by atoms with Gasteiger partial charge in [0.2, 0.25) is 10.2 Å². The summed E-state index contributed by atoms with van der Waals surface area (Å²) in [6.07, 6.45) is 24.2. The summed E-state index contributed by atoms with van der Waals surface area (Å²) < 4.78 is 0. The highest BCUT2D eigenvalue weighted by Gasteiger charge is 2.31. The van der Waals surface area contributed by atoms with Crippen LogP contribution in [0.3, 0.4) is 0 Å². The van der Waals surface area contributed by atoms with Crippen molar-refractivity contribution < 1.29 is 40.2 Å². The van der Waals surface area contributed by atoms with E-state index in [4.69, 9.17) is 0 Å². The Morgan fingerprint density at radius 2 is 0.583 bits per heavy atom. The first-order valence-electron chi connectivity index (χ1n) is 24.8. The maximum Gasteiger partial charge on any atom is 0.220 e. The maximum atomic E-state index is 13.0. The highest BCUT2D eigenvalue weighted by Crippen LogP contribution is 2.18. The van der Waals surface area contributed by atoms with Gasteiger partial charge in [-0.1, -0.05) is 205 Å². The highest BCUT2D eigenvalue weighted by molar-refractivity contribution is 8.14. The lowest BCUT2D eigenvalue weighted by Crippen LogP contribution is -2.41. The van der Waals surface area contributed by atoms with Crippen LogP contribution in [0.4, 0.5) is 0 Å². The zero-order valence-electron chi connectivity index (χ0n) is 39.1. The molecule has 0 heterocycles. The van der Waals surface area contributed by atoms with Gasteiger partial charge in [-0.25, -0.2) is 0 Å². The van der Waals surface area contributed by atoms with Crippen LogP contribution in [0.15, 0.2) is 0 Å². The van der Waals surface area contributed by atoms with E-state index in [0.29, 0.717) is 65.0 Å². The van der Waals surface area contributed by atoms with Gasteiger partial charge in [-0.2, -0.15) is 0 Å². The standard InChI is InChI=1S/C48H96N2O8S2/c1-5-9-13-17-21-25-29-41(51)37-49(38-42(52)30-26-22-18-14-10-6-2)33-35-59-47(57)45(55)46(56)48(58)60-36-34-50(39-43(53)31-27-23-19-15-11-7-3)40-44(54)32-28-24-20-16-12-8-4/h41-46,51-56H,5-40H2,1-4H3. The van der Waals surface area contributed by atoms with Gasteiger partial charge in [-0.3, -0.25) is 19.4 Å². The smallest absolute Gasteiger partial charge is 0.220 e. The molecule has 0 aromatic rings. The van der Waals surface area contributed by atoms with Crippen LogP contribution in [-0.2, 0) is 9.59 Å². The summed E-state index contributed by atoms with van der Waals surface area (Å²) in [5.74, 6) is 0.572. The minimum Gasteiger partial charge on any atom is -0.392 e. The first-order valence-corrected chi connectivity index (χ1v) is 26.8. The molecule has 0 fully saturated rings. The maximum absolute atomic E-state index is 13.0. The summed E-state index contributed by atoms with van der Waals surface area (Å²) >= 11 is 1.71. The molecule has 6 N–H and O–H groups in total. The van der Waals surface area contributed by atoms with Gasteiger partial charge >= 0.3 is 0 Å². The normalized spacial score (nSPS) is 15.1. The van der Waals surface area contributed by atoms with Crippen LogP contribution in [0.25, 0.3) is 0 Å². The number of carbonyl (C=O) groups is 2. The molecule has 6 unspecified atom stereocenters. The molecule has 60 heavy (non-hydrogen) atoms. The predicted octanol–water partition coefficient (Wildman–Crippen LogP) is 9.28. The minimum absolute atomic E-state index is 0.286. The largest absolute Gasteiger partial charge is 0.392 e. The molecule has 12 heteroatoms. The van der Waals surface area contributed by atoms with Crippen LogP contribution in [-0.4, -0.2) is 138 Å². The molecule has 0 bridgehead atoms. The molecule has 0 rings (SSSR count). The molecule has 0 saturated heterocycles. The van der Waals surface area contributed by atoms with Gasteiger partial charge in [0.1, 0.15) is 0 Å². The fraction of sp³-hybridized carbons (Fsp3) is 0.958. The van der Waals surface area contributed by atoms with Gasteiger partial charge in [0.15, 0.2) is 12.2 Å². The van der Waals surface area contributed by atoms with E-state index in [9.17, 15) is 40.2 Å². The molecule has 10 nitrogen and oxygen atoms in total. The summed E-state index contributed by atoms with van der Waals surface area (Å²) in [7, 11) is 0. The van der Waals surface area contributed by atoms with Gasteiger partial charge in [0, 0.05) is 50.8 Å². The van der Waals surface area contributed by atoms with Crippen molar-refractivity contribution in [1.29, 1.82) is 0 Å². The molecular formula is C48H96N2O8S2. The lowest BCUT2D eigenvalue weighted by Gasteiger charge is -2.27. The Balaban J connectivity index is 5.09. The fourth-order valence-electron chi connectivity index (χ4n) is 7.69. The lowest BCUT2D eigenvalue weighted by atomic mass is 10.1. The number of unbranched alkanes of at least 4 members (excludes halogenated alkanes) is 20. The number of hydrogen-bond donors (Lipinski definition) is 6. The van der Waals surface area contributed by atoms with Crippen molar-refractivity contribution in [3.8, 4) is 0 Å². The zero-order valence-corrected chi connectivity index (χ0v) is 40.8.